The Morgan fingerprint density at radius 3 is 2.72 bits per heavy atom. The number of Topliss-reactive ketones (excluding diaryl/α,β-unsaturated/α-hetero) is 1. The molecule has 1 atom stereocenters. The molecule has 0 saturated carbocycles. The standard InChI is InChI=1S/C22H23NOS/c1-25-21-14-6-5-13-20(21)22(24)19-12-8-16-23(17-19)15-7-11-18-9-3-2-4-10-18/h2-6,9-10,13-14,19H,8,12,15-17H2,1H3/t19-/m1/s1. The highest BCUT2D eigenvalue weighted by Gasteiger charge is 2.27. The molecule has 25 heavy (non-hydrogen) atoms. The molecule has 0 amide bonds. The predicted molar refractivity (Wildman–Crippen MR) is 105 cm³/mol. The zero-order valence-electron chi connectivity index (χ0n) is 14.6. The fourth-order valence-electron chi connectivity index (χ4n) is 3.26. The van der Waals surface area contributed by atoms with Gasteiger partial charge in [0.1, 0.15) is 0 Å². The smallest absolute Gasteiger partial charge is 0.168 e. The molecular formula is C22H23NOS. The zero-order chi connectivity index (χ0) is 17.5. The third kappa shape index (κ3) is 4.75. The van der Waals surface area contributed by atoms with Crippen molar-refractivity contribution in [2.45, 2.75) is 17.7 Å². The average Bonchev–Trinajstić information content (AvgIpc) is 2.68. The van der Waals surface area contributed by atoms with Crippen LogP contribution in [0.25, 0.3) is 0 Å². The third-order valence-corrected chi connectivity index (χ3v) is 5.35. The Morgan fingerprint density at radius 2 is 1.92 bits per heavy atom. The Kier molecular flexibility index (Phi) is 6.33. The molecule has 0 spiro atoms. The molecule has 2 aromatic carbocycles. The molecular weight excluding hydrogens is 326 g/mol. The molecule has 3 heteroatoms. The number of ketones is 1. The van der Waals surface area contributed by atoms with Gasteiger partial charge in [-0.05, 0) is 43.8 Å². The fraction of sp³-hybridized carbons (Fsp3) is 0.318. The molecule has 128 valence electrons. The number of hydrogen-bond donors (Lipinski definition) is 0. The summed E-state index contributed by atoms with van der Waals surface area (Å²) >= 11 is 1.64. The molecule has 0 unspecified atom stereocenters. The van der Waals surface area contributed by atoms with Crippen LogP contribution < -0.4 is 0 Å². The fourth-order valence-corrected chi connectivity index (χ4v) is 3.86. The van der Waals surface area contributed by atoms with E-state index in [-0.39, 0.29) is 11.7 Å². The number of carbonyl (C=O) groups is 1. The SMILES string of the molecule is CSc1ccccc1C(=O)[C@@H]1CCCN(CC#Cc2ccccc2)C1. The maximum absolute atomic E-state index is 12.9. The third-order valence-electron chi connectivity index (χ3n) is 4.56. The van der Waals surface area contributed by atoms with Gasteiger partial charge in [0.2, 0.25) is 0 Å². The summed E-state index contributed by atoms with van der Waals surface area (Å²) in [5.74, 6) is 6.83. The number of benzene rings is 2. The highest BCUT2D eigenvalue weighted by Crippen LogP contribution is 2.26. The first kappa shape index (κ1) is 17.8. The minimum absolute atomic E-state index is 0.0839. The van der Waals surface area contributed by atoms with Crippen molar-refractivity contribution < 1.29 is 4.79 Å². The minimum atomic E-state index is 0.0839. The normalized spacial score (nSPS) is 17.6. The highest BCUT2D eigenvalue weighted by atomic mass is 32.2. The van der Waals surface area contributed by atoms with E-state index in [9.17, 15) is 4.79 Å². The summed E-state index contributed by atoms with van der Waals surface area (Å²) in [6.45, 7) is 2.56. The van der Waals surface area contributed by atoms with Crippen molar-refractivity contribution in [3.63, 3.8) is 0 Å². The van der Waals surface area contributed by atoms with Gasteiger partial charge in [-0.2, -0.15) is 0 Å². The van der Waals surface area contributed by atoms with Crippen molar-refractivity contribution in [2.75, 3.05) is 25.9 Å². The van der Waals surface area contributed by atoms with Gasteiger partial charge >= 0.3 is 0 Å². The van der Waals surface area contributed by atoms with Crippen molar-refractivity contribution >= 4 is 17.5 Å². The van der Waals surface area contributed by atoms with Gasteiger partial charge < -0.3 is 0 Å². The van der Waals surface area contributed by atoms with Gasteiger partial charge in [0.15, 0.2) is 5.78 Å². The molecule has 0 N–H and O–H groups in total. The average molecular weight is 349 g/mol. The summed E-state index contributed by atoms with van der Waals surface area (Å²) in [5, 5.41) is 0. The molecule has 1 saturated heterocycles. The molecule has 0 aliphatic carbocycles. The molecule has 1 heterocycles. The molecule has 0 radical (unpaired) electrons. The van der Waals surface area contributed by atoms with Crippen molar-refractivity contribution in [2.24, 2.45) is 5.92 Å². The summed E-state index contributed by atoms with van der Waals surface area (Å²) in [7, 11) is 0. The topological polar surface area (TPSA) is 20.3 Å². The molecule has 1 aliphatic rings. The van der Waals surface area contributed by atoms with E-state index in [0.29, 0.717) is 0 Å². The Hall–Kier alpha value is -2.02. The van der Waals surface area contributed by atoms with E-state index < -0.39 is 0 Å². The van der Waals surface area contributed by atoms with Crippen LogP contribution in [0.5, 0.6) is 0 Å². The summed E-state index contributed by atoms with van der Waals surface area (Å²) in [4.78, 5) is 16.3. The molecule has 1 fully saturated rings. The molecule has 3 rings (SSSR count). The first-order valence-corrected chi connectivity index (χ1v) is 9.94. The number of likely N-dealkylation sites (tertiary alicyclic amines) is 1. The Morgan fingerprint density at radius 1 is 1.16 bits per heavy atom. The van der Waals surface area contributed by atoms with E-state index in [1.807, 2.05) is 60.9 Å². The maximum Gasteiger partial charge on any atom is 0.168 e. The minimum Gasteiger partial charge on any atom is -0.294 e. The van der Waals surface area contributed by atoms with Crippen molar-refractivity contribution in [1.82, 2.24) is 4.90 Å². The number of nitrogens with zero attached hydrogens (tertiary/aromatic N) is 1. The Balaban J connectivity index is 1.63. The number of rotatable bonds is 4. The van der Waals surface area contributed by atoms with Crippen LogP contribution in [-0.4, -0.2) is 36.6 Å². The van der Waals surface area contributed by atoms with E-state index in [0.717, 1.165) is 48.5 Å². The largest absolute Gasteiger partial charge is 0.294 e. The Bertz CT molecular complexity index is 775. The summed E-state index contributed by atoms with van der Waals surface area (Å²) in [6, 6.07) is 18.0. The van der Waals surface area contributed by atoms with Gasteiger partial charge in [0.25, 0.3) is 0 Å². The molecule has 2 nitrogen and oxygen atoms in total. The maximum atomic E-state index is 12.9. The molecule has 0 aromatic heterocycles. The van der Waals surface area contributed by atoms with Crippen LogP contribution in [0.2, 0.25) is 0 Å². The first-order valence-electron chi connectivity index (χ1n) is 8.71. The Labute approximate surface area is 154 Å². The van der Waals surface area contributed by atoms with Gasteiger partial charge in [0, 0.05) is 28.5 Å². The van der Waals surface area contributed by atoms with Gasteiger partial charge in [-0.25, -0.2) is 0 Å². The number of piperidine rings is 1. The van der Waals surface area contributed by atoms with Crippen molar-refractivity contribution in [1.29, 1.82) is 0 Å². The van der Waals surface area contributed by atoms with Gasteiger partial charge in [-0.15, -0.1) is 11.8 Å². The lowest BCUT2D eigenvalue weighted by Gasteiger charge is -2.30. The summed E-state index contributed by atoms with van der Waals surface area (Å²) in [5.41, 5.74) is 1.92. The van der Waals surface area contributed by atoms with Crippen LogP contribution in [-0.2, 0) is 0 Å². The van der Waals surface area contributed by atoms with Gasteiger partial charge in [-0.3, -0.25) is 9.69 Å². The zero-order valence-corrected chi connectivity index (χ0v) is 15.4. The molecule has 1 aliphatic heterocycles. The number of hydrogen-bond acceptors (Lipinski definition) is 3. The van der Waals surface area contributed by atoms with E-state index in [2.05, 4.69) is 16.7 Å². The quantitative estimate of drug-likeness (QED) is 0.465. The molecule has 0 bridgehead atoms. The van der Waals surface area contributed by atoms with E-state index in [1.165, 1.54) is 0 Å². The van der Waals surface area contributed by atoms with Crippen molar-refractivity contribution in [3.8, 4) is 11.8 Å². The second-order valence-corrected chi connectivity index (χ2v) is 7.15. The summed E-state index contributed by atoms with van der Waals surface area (Å²) < 4.78 is 0. The van der Waals surface area contributed by atoms with Crippen LogP contribution in [0.1, 0.15) is 28.8 Å². The molecule has 2 aromatic rings. The van der Waals surface area contributed by atoms with Crippen LogP contribution in [0.4, 0.5) is 0 Å². The second kappa shape index (κ2) is 8.89. The van der Waals surface area contributed by atoms with Crippen LogP contribution >= 0.6 is 11.8 Å². The van der Waals surface area contributed by atoms with Gasteiger partial charge in [0.05, 0.1) is 6.54 Å². The van der Waals surface area contributed by atoms with Crippen LogP contribution in [0, 0.1) is 17.8 Å². The number of thioether (sulfide) groups is 1. The monoisotopic (exact) mass is 349 g/mol. The van der Waals surface area contributed by atoms with E-state index >= 15 is 0 Å². The summed E-state index contributed by atoms with van der Waals surface area (Å²) in [6.07, 6.45) is 4.06. The van der Waals surface area contributed by atoms with Crippen LogP contribution in [0.15, 0.2) is 59.5 Å². The predicted octanol–water partition coefficient (Wildman–Crippen LogP) is 4.35. The lowest BCUT2D eigenvalue weighted by atomic mass is 9.90. The van der Waals surface area contributed by atoms with Gasteiger partial charge in [-0.1, -0.05) is 48.2 Å². The first-order chi connectivity index (χ1) is 12.3. The van der Waals surface area contributed by atoms with Crippen LogP contribution in [0.3, 0.4) is 0 Å². The number of carbonyl (C=O) groups excluding carboxylic acids is 1. The van der Waals surface area contributed by atoms with E-state index in [1.54, 1.807) is 11.8 Å². The second-order valence-electron chi connectivity index (χ2n) is 6.31. The lowest BCUT2D eigenvalue weighted by Crippen LogP contribution is -2.39. The lowest BCUT2D eigenvalue weighted by molar-refractivity contribution is 0.0830. The highest BCUT2D eigenvalue weighted by molar-refractivity contribution is 7.98. The van der Waals surface area contributed by atoms with E-state index in [4.69, 9.17) is 0 Å². The van der Waals surface area contributed by atoms with Crippen molar-refractivity contribution in [3.05, 3.63) is 65.7 Å².